The molecule has 0 radical (unpaired) electrons. The second-order valence-electron chi connectivity index (χ2n) is 4.21. The first-order valence-corrected chi connectivity index (χ1v) is 5.62. The zero-order valence-corrected chi connectivity index (χ0v) is 11.2. The number of para-hydroxylation sites is 1. The van der Waals surface area contributed by atoms with Gasteiger partial charge in [0.1, 0.15) is 11.3 Å². The molecule has 2 aromatic rings. The molecule has 0 bridgehead atoms. The van der Waals surface area contributed by atoms with Gasteiger partial charge in [0.2, 0.25) is 5.91 Å². The average molecular weight is 269 g/mol. The topological polar surface area (TPSA) is 68.3 Å². The van der Waals surface area contributed by atoms with Gasteiger partial charge in [0, 0.05) is 5.39 Å². The molecule has 98 valence electrons. The number of amides is 1. The maximum Gasteiger partial charge on any atom is 0.237 e. The SMILES string of the molecule is CC(NC(=O)[C@H](C)N)c1cc2ccccc2o1.Cl. The Morgan fingerprint density at radius 3 is 2.61 bits per heavy atom. The van der Waals surface area contributed by atoms with E-state index in [4.69, 9.17) is 10.2 Å². The summed E-state index contributed by atoms with van der Waals surface area (Å²) in [6, 6.07) is 8.99. The Balaban J connectivity index is 0.00000162. The fraction of sp³-hybridized carbons (Fsp3) is 0.308. The molecule has 0 saturated heterocycles. The molecule has 0 spiro atoms. The van der Waals surface area contributed by atoms with Gasteiger partial charge >= 0.3 is 0 Å². The van der Waals surface area contributed by atoms with E-state index in [2.05, 4.69) is 5.32 Å². The van der Waals surface area contributed by atoms with Gasteiger partial charge in [0.15, 0.2) is 0 Å². The third-order valence-corrected chi connectivity index (χ3v) is 2.64. The van der Waals surface area contributed by atoms with Crippen molar-refractivity contribution < 1.29 is 9.21 Å². The summed E-state index contributed by atoms with van der Waals surface area (Å²) in [5.41, 5.74) is 6.32. The molecule has 0 aliphatic rings. The Hall–Kier alpha value is -1.52. The number of hydrogen-bond donors (Lipinski definition) is 2. The summed E-state index contributed by atoms with van der Waals surface area (Å²) < 4.78 is 5.65. The number of furan rings is 1. The second kappa shape index (κ2) is 5.89. The highest BCUT2D eigenvalue weighted by molar-refractivity contribution is 5.85. The van der Waals surface area contributed by atoms with E-state index in [0.717, 1.165) is 16.7 Å². The summed E-state index contributed by atoms with van der Waals surface area (Å²) in [4.78, 5) is 11.5. The third kappa shape index (κ3) is 3.03. The minimum Gasteiger partial charge on any atom is -0.459 e. The molecule has 0 aliphatic heterocycles. The van der Waals surface area contributed by atoms with Gasteiger partial charge in [-0.25, -0.2) is 0 Å². The Labute approximate surface area is 112 Å². The standard InChI is InChI=1S/C13H16N2O2.ClH/c1-8(14)13(16)15-9(2)12-7-10-5-3-4-6-11(10)17-12;/h3-9H,14H2,1-2H3,(H,15,16);1H/t8-,9?;/m0./s1. The molecular formula is C13H17ClN2O2. The van der Waals surface area contributed by atoms with E-state index >= 15 is 0 Å². The van der Waals surface area contributed by atoms with E-state index in [1.807, 2.05) is 37.3 Å². The van der Waals surface area contributed by atoms with Gasteiger partial charge in [-0.15, -0.1) is 12.4 Å². The Morgan fingerprint density at radius 1 is 1.33 bits per heavy atom. The van der Waals surface area contributed by atoms with Crippen LogP contribution in [0.5, 0.6) is 0 Å². The summed E-state index contributed by atoms with van der Waals surface area (Å²) >= 11 is 0. The number of hydrogen-bond acceptors (Lipinski definition) is 3. The minimum absolute atomic E-state index is 0. The van der Waals surface area contributed by atoms with Crippen molar-refractivity contribution >= 4 is 29.3 Å². The number of halogens is 1. The van der Waals surface area contributed by atoms with Gasteiger partial charge in [-0.05, 0) is 26.0 Å². The normalized spacial score (nSPS) is 13.7. The predicted octanol–water partition coefficient (Wildman–Crippen LogP) is 2.38. The summed E-state index contributed by atoms with van der Waals surface area (Å²) in [7, 11) is 0. The average Bonchev–Trinajstić information content (AvgIpc) is 2.72. The lowest BCUT2D eigenvalue weighted by atomic mass is 10.2. The van der Waals surface area contributed by atoms with Crippen molar-refractivity contribution in [2.75, 3.05) is 0 Å². The van der Waals surface area contributed by atoms with Gasteiger partial charge in [-0.2, -0.15) is 0 Å². The molecule has 0 aliphatic carbocycles. The summed E-state index contributed by atoms with van der Waals surface area (Å²) in [5, 5.41) is 3.83. The van der Waals surface area contributed by atoms with Crippen LogP contribution in [-0.2, 0) is 4.79 Å². The van der Waals surface area contributed by atoms with Crippen LogP contribution in [0.4, 0.5) is 0 Å². The van der Waals surface area contributed by atoms with Crippen LogP contribution in [0.25, 0.3) is 11.0 Å². The van der Waals surface area contributed by atoms with Crippen LogP contribution in [0.2, 0.25) is 0 Å². The number of benzene rings is 1. The van der Waals surface area contributed by atoms with E-state index in [1.165, 1.54) is 0 Å². The second-order valence-corrected chi connectivity index (χ2v) is 4.21. The first-order chi connectivity index (χ1) is 8.08. The van der Waals surface area contributed by atoms with Crippen molar-refractivity contribution in [3.05, 3.63) is 36.1 Å². The van der Waals surface area contributed by atoms with Gasteiger partial charge in [-0.3, -0.25) is 4.79 Å². The molecule has 0 fully saturated rings. The number of carbonyl (C=O) groups is 1. The van der Waals surface area contributed by atoms with E-state index < -0.39 is 6.04 Å². The van der Waals surface area contributed by atoms with Crippen molar-refractivity contribution in [1.29, 1.82) is 0 Å². The van der Waals surface area contributed by atoms with Crippen LogP contribution < -0.4 is 11.1 Å². The van der Waals surface area contributed by atoms with Gasteiger partial charge in [0.05, 0.1) is 12.1 Å². The number of rotatable bonds is 3. The molecular weight excluding hydrogens is 252 g/mol. The Kier molecular flexibility index (Phi) is 4.76. The number of nitrogens with two attached hydrogens (primary N) is 1. The molecule has 18 heavy (non-hydrogen) atoms. The van der Waals surface area contributed by atoms with Crippen LogP contribution in [0.15, 0.2) is 34.7 Å². The van der Waals surface area contributed by atoms with Gasteiger partial charge < -0.3 is 15.5 Å². The molecule has 1 aromatic carbocycles. The zero-order valence-electron chi connectivity index (χ0n) is 10.3. The van der Waals surface area contributed by atoms with Crippen molar-refractivity contribution in [1.82, 2.24) is 5.32 Å². The van der Waals surface area contributed by atoms with Crippen LogP contribution in [0.1, 0.15) is 25.6 Å². The highest BCUT2D eigenvalue weighted by atomic mass is 35.5. The van der Waals surface area contributed by atoms with E-state index in [0.29, 0.717) is 0 Å². The summed E-state index contributed by atoms with van der Waals surface area (Å²) in [6.45, 7) is 3.53. The van der Waals surface area contributed by atoms with Crippen LogP contribution in [0, 0.1) is 0 Å². The third-order valence-electron chi connectivity index (χ3n) is 2.64. The van der Waals surface area contributed by atoms with E-state index in [-0.39, 0.29) is 24.4 Å². The zero-order chi connectivity index (χ0) is 12.4. The predicted molar refractivity (Wildman–Crippen MR) is 73.7 cm³/mol. The summed E-state index contributed by atoms with van der Waals surface area (Å²) in [6.07, 6.45) is 0. The van der Waals surface area contributed by atoms with Crippen molar-refractivity contribution in [3.63, 3.8) is 0 Å². The van der Waals surface area contributed by atoms with E-state index in [9.17, 15) is 4.79 Å². The molecule has 0 saturated carbocycles. The summed E-state index contributed by atoms with van der Waals surface area (Å²) in [5.74, 6) is 0.554. The van der Waals surface area contributed by atoms with E-state index in [1.54, 1.807) is 6.92 Å². The fourth-order valence-corrected chi connectivity index (χ4v) is 1.63. The molecule has 5 heteroatoms. The first-order valence-electron chi connectivity index (χ1n) is 5.62. The molecule has 2 atom stereocenters. The molecule has 1 aromatic heterocycles. The smallest absolute Gasteiger partial charge is 0.237 e. The highest BCUT2D eigenvalue weighted by Crippen LogP contribution is 2.23. The minimum atomic E-state index is -0.512. The van der Waals surface area contributed by atoms with Crippen molar-refractivity contribution in [3.8, 4) is 0 Å². The Bertz CT molecular complexity index is 504. The van der Waals surface area contributed by atoms with Gasteiger partial charge in [-0.1, -0.05) is 18.2 Å². The lowest BCUT2D eigenvalue weighted by molar-refractivity contribution is -0.122. The van der Waals surface area contributed by atoms with Crippen LogP contribution >= 0.6 is 12.4 Å². The van der Waals surface area contributed by atoms with Crippen molar-refractivity contribution in [2.45, 2.75) is 25.9 Å². The fourth-order valence-electron chi connectivity index (χ4n) is 1.63. The molecule has 2 rings (SSSR count). The quantitative estimate of drug-likeness (QED) is 0.898. The largest absolute Gasteiger partial charge is 0.459 e. The number of carbonyl (C=O) groups excluding carboxylic acids is 1. The lowest BCUT2D eigenvalue weighted by Crippen LogP contribution is -2.39. The lowest BCUT2D eigenvalue weighted by Gasteiger charge is -2.12. The molecule has 3 N–H and O–H groups in total. The molecule has 4 nitrogen and oxygen atoms in total. The Morgan fingerprint density at radius 2 is 2.00 bits per heavy atom. The number of fused-ring (bicyclic) bond motifs is 1. The maximum absolute atomic E-state index is 11.5. The maximum atomic E-state index is 11.5. The highest BCUT2D eigenvalue weighted by Gasteiger charge is 2.15. The number of nitrogens with one attached hydrogen (secondary N) is 1. The van der Waals surface area contributed by atoms with Crippen molar-refractivity contribution in [2.24, 2.45) is 5.73 Å². The monoisotopic (exact) mass is 268 g/mol. The van der Waals surface area contributed by atoms with Crippen LogP contribution in [-0.4, -0.2) is 11.9 Å². The van der Waals surface area contributed by atoms with Gasteiger partial charge in [0.25, 0.3) is 0 Å². The molecule has 1 unspecified atom stereocenters. The molecule has 1 heterocycles. The molecule has 1 amide bonds. The van der Waals surface area contributed by atoms with Crippen LogP contribution in [0.3, 0.4) is 0 Å². The first kappa shape index (κ1) is 14.5.